The molecule has 0 bridgehead atoms. The van der Waals surface area contributed by atoms with Crippen LogP contribution in [0.2, 0.25) is 0 Å². The number of carbonyl (C=O) groups excluding carboxylic acids is 2. The van der Waals surface area contributed by atoms with E-state index < -0.39 is 35.1 Å². The number of carbonyl (C=O) groups is 2. The van der Waals surface area contributed by atoms with Gasteiger partial charge in [0.05, 0.1) is 12.2 Å². The van der Waals surface area contributed by atoms with Gasteiger partial charge in [-0.25, -0.2) is 13.2 Å². The van der Waals surface area contributed by atoms with E-state index in [9.17, 15) is 22.8 Å². The molecule has 2 aromatic carbocycles. The van der Waals surface area contributed by atoms with E-state index in [-0.39, 0.29) is 12.5 Å². The number of nitrogens with one attached hydrogen (secondary N) is 1. The predicted octanol–water partition coefficient (Wildman–Crippen LogP) is 3.58. The summed E-state index contributed by atoms with van der Waals surface area (Å²) in [6.07, 6.45) is 0. The van der Waals surface area contributed by atoms with Crippen LogP contribution in [-0.2, 0) is 9.59 Å². The highest BCUT2D eigenvalue weighted by Gasteiger charge is 2.29. The van der Waals surface area contributed by atoms with E-state index in [1.807, 2.05) is 19.9 Å². The molecule has 1 atom stereocenters. The number of rotatable bonds is 8. The molecule has 0 radical (unpaired) electrons. The highest BCUT2D eigenvalue weighted by Crippen LogP contribution is 2.23. The van der Waals surface area contributed by atoms with Gasteiger partial charge >= 0.3 is 0 Å². The number of likely N-dealkylation sites (N-methyl/N-ethyl adjacent to an activating group) is 2. The van der Waals surface area contributed by atoms with Crippen LogP contribution in [0, 0.1) is 17.5 Å². The van der Waals surface area contributed by atoms with Crippen molar-refractivity contribution < 1.29 is 22.8 Å². The molecule has 0 aliphatic rings. The molecule has 0 aliphatic carbocycles. The molecule has 29 heavy (non-hydrogen) atoms. The van der Waals surface area contributed by atoms with E-state index in [2.05, 4.69) is 5.32 Å². The first-order valence-electron chi connectivity index (χ1n) is 9.27. The lowest BCUT2D eigenvalue weighted by molar-refractivity contribution is -0.137. The van der Waals surface area contributed by atoms with Crippen molar-refractivity contribution in [2.24, 2.45) is 0 Å². The third kappa shape index (κ3) is 5.35. The summed E-state index contributed by atoms with van der Waals surface area (Å²) in [4.78, 5) is 28.6. The molecule has 0 heterocycles. The molecular weight excluding hydrogens is 383 g/mol. The van der Waals surface area contributed by atoms with Gasteiger partial charge in [-0.2, -0.15) is 0 Å². The molecule has 2 aromatic rings. The van der Waals surface area contributed by atoms with E-state index in [0.717, 1.165) is 12.1 Å². The maximum atomic E-state index is 13.8. The second kappa shape index (κ2) is 10.1. The van der Waals surface area contributed by atoms with Gasteiger partial charge in [0.2, 0.25) is 11.8 Å². The van der Waals surface area contributed by atoms with Crippen LogP contribution in [0.5, 0.6) is 0 Å². The summed E-state index contributed by atoms with van der Waals surface area (Å²) in [5, 5.41) is 2.22. The molecule has 0 aromatic heterocycles. The molecule has 0 unspecified atom stereocenters. The first-order chi connectivity index (χ1) is 13.8. The number of halogens is 3. The molecule has 1 N–H and O–H groups in total. The molecule has 0 aliphatic heterocycles. The smallest absolute Gasteiger partial charge is 0.244 e. The summed E-state index contributed by atoms with van der Waals surface area (Å²) in [6.45, 7) is 4.49. The van der Waals surface area contributed by atoms with Gasteiger partial charge < -0.3 is 10.2 Å². The Balaban J connectivity index is 2.21. The van der Waals surface area contributed by atoms with E-state index in [1.54, 1.807) is 36.2 Å². The Morgan fingerprint density at radius 3 is 2.17 bits per heavy atom. The van der Waals surface area contributed by atoms with Crippen LogP contribution in [0.15, 0.2) is 42.5 Å². The Bertz CT molecular complexity index is 858. The maximum Gasteiger partial charge on any atom is 0.244 e. The Labute approximate surface area is 168 Å². The molecule has 2 rings (SSSR count). The van der Waals surface area contributed by atoms with Crippen molar-refractivity contribution in [1.29, 1.82) is 0 Å². The van der Waals surface area contributed by atoms with E-state index >= 15 is 0 Å². The fourth-order valence-corrected chi connectivity index (χ4v) is 3.06. The molecule has 0 saturated carbocycles. The SMILES string of the molecule is CCN(CC)C(=O)[C@@H](c1ccccc1)N(C)CC(=O)Nc1ccc(F)c(F)c1F. The summed E-state index contributed by atoms with van der Waals surface area (Å²) in [7, 11) is 1.60. The number of hydrogen-bond acceptors (Lipinski definition) is 3. The highest BCUT2D eigenvalue weighted by molar-refractivity contribution is 5.93. The zero-order chi connectivity index (χ0) is 21.6. The Hall–Kier alpha value is -2.87. The van der Waals surface area contributed by atoms with E-state index in [1.165, 1.54) is 4.90 Å². The molecule has 0 saturated heterocycles. The number of benzene rings is 2. The monoisotopic (exact) mass is 407 g/mol. The van der Waals surface area contributed by atoms with Gasteiger partial charge in [-0.05, 0) is 38.6 Å². The second-order valence-corrected chi connectivity index (χ2v) is 6.51. The van der Waals surface area contributed by atoms with Crippen molar-refractivity contribution in [2.75, 3.05) is 32.0 Å². The largest absolute Gasteiger partial charge is 0.342 e. The fraction of sp³-hybridized carbons (Fsp3) is 0.333. The van der Waals surface area contributed by atoms with Crippen LogP contribution in [0.1, 0.15) is 25.5 Å². The normalized spacial score (nSPS) is 12.0. The van der Waals surface area contributed by atoms with Gasteiger partial charge in [0.25, 0.3) is 0 Å². The topological polar surface area (TPSA) is 52.7 Å². The molecule has 0 spiro atoms. The summed E-state index contributed by atoms with van der Waals surface area (Å²) < 4.78 is 40.2. The lowest BCUT2D eigenvalue weighted by atomic mass is 10.0. The highest BCUT2D eigenvalue weighted by atomic mass is 19.2. The molecular formula is C21H24F3N3O2. The van der Waals surface area contributed by atoms with Crippen molar-refractivity contribution in [3.63, 3.8) is 0 Å². The minimum absolute atomic E-state index is 0.171. The van der Waals surface area contributed by atoms with Crippen molar-refractivity contribution in [1.82, 2.24) is 9.80 Å². The Kier molecular flexibility index (Phi) is 7.78. The van der Waals surface area contributed by atoms with Crippen molar-refractivity contribution in [2.45, 2.75) is 19.9 Å². The van der Waals surface area contributed by atoms with Gasteiger partial charge in [0.15, 0.2) is 17.5 Å². The van der Waals surface area contributed by atoms with Crippen molar-refractivity contribution in [3.05, 3.63) is 65.5 Å². The quantitative estimate of drug-likeness (QED) is 0.681. The summed E-state index contributed by atoms with van der Waals surface area (Å²) in [6, 6.07) is 9.93. The lowest BCUT2D eigenvalue weighted by Gasteiger charge is -2.31. The Morgan fingerprint density at radius 1 is 0.966 bits per heavy atom. The molecule has 5 nitrogen and oxygen atoms in total. The van der Waals surface area contributed by atoms with Crippen LogP contribution in [0.4, 0.5) is 18.9 Å². The predicted molar refractivity (Wildman–Crippen MR) is 105 cm³/mol. The van der Waals surface area contributed by atoms with Crippen LogP contribution < -0.4 is 5.32 Å². The van der Waals surface area contributed by atoms with Crippen LogP contribution in [0.25, 0.3) is 0 Å². The molecule has 2 amide bonds. The van der Waals surface area contributed by atoms with E-state index in [0.29, 0.717) is 18.7 Å². The lowest BCUT2D eigenvalue weighted by Crippen LogP contribution is -2.44. The number of anilines is 1. The van der Waals surface area contributed by atoms with Gasteiger partial charge in [-0.1, -0.05) is 30.3 Å². The molecule has 0 fully saturated rings. The third-order valence-corrected chi connectivity index (χ3v) is 4.57. The fourth-order valence-electron chi connectivity index (χ4n) is 3.06. The Morgan fingerprint density at radius 2 is 1.59 bits per heavy atom. The summed E-state index contributed by atoms with van der Waals surface area (Å²) in [5.74, 6) is -5.30. The van der Waals surface area contributed by atoms with Crippen molar-refractivity contribution in [3.8, 4) is 0 Å². The van der Waals surface area contributed by atoms with Gasteiger partial charge in [0, 0.05) is 13.1 Å². The van der Waals surface area contributed by atoms with Gasteiger partial charge in [0.1, 0.15) is 6.04 Å². The standard InChI is InChI=1S/C21H24F3N3O2/c1-4-27(5-2)21(29)20(14-9-7-6-8-10-14)26(3)13-17(28)25-16-12-11-15(22)18(23)19(16)24/h6-12,20H,4-5,13H2,1-3H3,(H,25,28)/t20-/m1/s1. The van der Waals surface area contributed by atoms with Crippen LogP contribution in [-0.4, -0.2) is 48.3 Å². The van der Waals surface area contributed by atoms with Crippen LogP contribution >= 0.6 is 0 Å². The van der Waals surface area contributed by atoms with Crippen LogP contribution in [0.3, 0.4) is 0 Å². The molecule has 8 heteroatoms. The van der Waals surface area contributed by atoms with E-state index in [4.69, 9.17) is 0 Å². The zero-order valence-corrected chi connectivity index (χ0v) is 16.6. The van der Waals surface area contributed by atoms with Gasteiger partial charge in [-0.3, -0.25) is 14.5 Å². The first kappa shape index (κ1) is 22.4. The minimum atomic E-state index is -1.66. The summed E-state index contributed by atoms with van der Waals surface area (Å²) >= 11 is 0. The number of hydrogen-bond donors (Lipinski definition) is 1. The second-order valence-electron chi connectivity index (χ2n) is 6.51. The first-order valence-corrected chi connectivity index (χ1v) is 9.27. The maximum absolute atomic E-state index is 13.8. The number of amides is 2. The average molecular weight is 407 g/mol. The zero-order valence-electron chi connectivity index (χ0n) is 16.6. The van der Waals surface area contributed by atoms with Crippen molar-refractivity contribution >= 4 is 17.5 Å². The number of nitrogens with zero attached hydrogens (tertiary/aromatic N) is 2. The minimum Gasteiger partial charge on any atom is -0.342 e. The average Bonchev–Trinajstić information content (AvgIpc) is 2.70. The summed E-state index contributed by atoms with van der Waals surface area (Å²) in [5.41, 5.74) is 0.243. The van der Waals surface area contributed by atoms with Gasteiger partial charge in [-0.15, -0.1) is 0 Å². The molecule has 156 valence electrons. The third-order valence-electron chi connectivity index (χ3n) is 4.57.